The molecule has 0 aliphatic heterocycles. The normalized spacial score (nSPS) is 41.3. The predicted octanol–water partition coefficient (Wildman–Crippen LogP) is 6.13. The molecule has 1 heterocycles. The number of hydrogen-bond donors (Lipinski definition) is 2. The van der Waals surface area contributed by atoms with Crippen molar-refractivity contribution in [1.82, 2.24) is 4.98 Å². The van der Waals surface area contributed by atoms with Crippen molar-refractivity contribution in [2.24, 2.45) is 34.5 Å². The number of hydrogen-bond acceptors (Lipinski definition) is 3. The molecule has 1 aromatic rings. The standard InChI is InChI=1S/C28H39NO2/c1-5-18-15-21-17-28(30,31)12-11-26(21,3)22-7-10-27(4)23(24(18)22)16-19(6-2)25(27)20-8-13-29-14-9-20/h8-9,13-15,18,22-24,30-31H,5-7,10-12,16-17H2,1-4H3/t18-,22-,23-,24+,26-,27-/m0/s1. The molecule has 3 heteroatoms. The van der Waals surface area contributed by atoms with Gasteiger partial charge in [-0.25, -0.2) is 0 Å². The molecular formula is C28H39NO2. The van der Waals surface area contributed by atoms with E-state index in [2.05, 4.69) is 50.9 Å². The number of aromatic nitrogens is 1. The summed E-state index contributed by atoms with van der Waals surface area (Å²) in [5.41, 5.74) is 6.33. The van der Waals surface area contributed by atoms with E-state index >= 15 is 0 Å². The highest BCUT2D eigenvalue weighted by molar-refractivity contribution is 5.76. The Hall–Kier alpha value is -1.45. The molecule has 31 heavy (non-hydrogen) atoms. The number of allylic oxidation sites excluding steroid dienone is 3. The van der Waals surface area contributed by atoms with Gasteiger partial charge in [-0.1, -0.05) is 44.9 Å². The van der Waals surface area contributed by atoms with Crippen molar-refractivity contribution in [3.05, 3.63) is 47.3 Å². The van der Waals surface area contributed by atoms with Crippen molar-refractivity contribution < 1.29 is 10.2 Å². The smallest absolute Gasteiger partial charge is 0.166 e. The SMILES string of the molecule is CCC1=C(c2ccncc2)[C@@]2(C)CC[C@H]3[C@@H]([C@@H](CC)C=C4CC(O)(O)CC[C@@]43C)[C@@H]2C1. The third kappa shape index (κ3) is 3.10. The maximum Gasteiger partial charge on any atom is 0.166 e. The summed E-state index contributed by atoms with van der Waals surface area (Å²) in [4.78, 5) is 4.28. The summed E-state index contributed by atoms with van der Waals surface area (Å²) in [6, 6.07) is 4.43. The average molecular weight is 422 g/mol. The maximum atomic E-state index is 10.4. The molecule has 0 saturated heterocycles. The lowest BCUT2D eigenvalue weighted by Gasteiger charge is -2.60. The summed E-state index contributed by atoms with van der Waals surface area (Å²) in [5.74, 6) is 1.04. The van der Waals surface area contributed by atoms with E-state index in [1.165, 1.54) is 30.4 Å². The lowest BCUT2D eigenvalue weighted by Crippen LogP contribution is -2.54. The summed E-state index contributed by atoms with van der Waals surface area (Å²) in [6.45, 7) is 9.64. The third-order valence-corrected chi connectivity index (χ3v) is 9.96. The Morgan fingerprint density at radius 3 is 2.42 bits per heavy atom. The zero-order chi connectivity index (χ0) is 22.0. The highest BCUT2D eigenvalue weighted by atomic mass is 16.5. The van der Waals surface area contributed by atoms with Crippen LogP contribution in [0.2, 0.25) is 0 Å². The van der Waals surface area contributed by atoms with Crippen LogP contribution >= 0.6 is 0 Å². The second kappa shape index (κ2) is 7.28. The molecule has 3 nitrogen and oxygen atoms in total. The van der Waals surface area contributed by atoms with Crippen molar-refractivity contribution in [1.29, 1.82) is 0 Å². The topological polar surface area (TPSA) is 53.4 Å². The minimum atomic E-state index is -1.52. The zero-order valence-electron chi connectivity index (χ0n) is 19.7. The monoisotopic (exact) mass is 421 g/mol. The van der Waals surface area contributed by atoms with Gasteiger partial charge in [0.1, 0.15) is 0 Å². The van der Waals surface area contributed by atoms with E-state index in [1.807, 2.05) is 12.4 Å². The molecule has 2 fully saturated rings. The van der Waals surface area contributed by atoms with Crippen LogP contribution in [0, 0.1) is 34.5 Å². The highest BCUT2D eigenvalue weighted by Crippen LogP contribution is 2.69. The Morgan fingerprint density at radius 2 is 1.74 bits per heavy atom. The van der Waals surface area contributed by atoms with E-state index in [9.17, 15) is 10.2 Å². The lowest BCUT2D eigenvalue weighted by molar-refractivity contribution is -0.189. The molecule has 0 amide bonds. The molecular weight excluding hydrogens is 382 g/mol. The predicted molar refractivity (Wildman–Crippen MR) is 125 cm³/mol. The van der Waals surface area contributed by atoms with Gasteiger partial charge in [0.05, 0.1) is 0 Å². The second-order valence-electron chi connectivity index (χ2n) is 11.4. The lowest BCUT2D eigenvalue weighted by atomic mass is 9.45. The van der Waals surface area contributed by atoms with E-state index in [0.717, 1.165) is 19.3 Å². The molecule has 4 aliphatic carbocycles. The van der Waals surface area contributed by atoms with Gasteiger partial charge in [0, 0.05) is 25.2 Å². The van der Waals surface area contributed by atoms with Crippen molar-refractivity contribution in [3.63, 3.8) is 0 Å². The van der Waals surface area contributed by atoms with Gasteiger partial charge < -0.3 is 10.2 Å². The van der Waals surface area contributed by atoms with E-state index < -0.39 is 5.79 Å². The van der Waals surface area contributed by atoms with Gasteiger partial charge in [-0.2, -0.15) is 0 Å². The average Bonchev–Trinajstić information content (AvgIpc) is 3.06. The summed E-state index contributed by atoms with van der Waals surface area (Å²) >= 11 is 0. The van der Waals surface area contributed by atoms with Crippen molar-refractivity contribution >= 4 is 5.57 Å². The first-order valence-corrected chi connectivity index (χ1v) is 12.5. The van der Waals surface area contributed by atoms with Crippen LogP contribution in [0.25, 0.3) is 5.57 Å². The number of nitrogens with zero attached hydrogens (tertiary/aromatic N) is 1. The molecule has 5 rings (SSSR count). The van der Waals surface area contributed by atoms with Gasteiger partial charge in [0.2, 0.25) is 0 Å². The van der Waals surface area contributed by atoms with Crippen LogP contribution in [0.15, 0.2) is 41.7 Å². The zero-order valence-corrected chi connectivity index (χ0v) is 19.7. The summed E-state index contributed by atoms with van der Waals surface area (Å²) in [7, 11) is 0. The first-order chi connectivity index (χ1) is 14.7. The van der Waals surface area contributed by atoms with Crippen LogP contribution in [-0.2, 0) is 0 Å². The molecule has 1 aromatic heterocycles. The van der Waals surface area contributed by atoms with Crippen LogP contribution in [0.4, 0.5) is 0 Å². The Kier molecular flexibility index (Phi) is 5.03. The van der Waals surface area contributed by atoms with Crippen LogP contribution in [0.3, 0.4) is 0 Å². The van der Waals surface area contributed by atoms with Gasteiger partial charge in [0.25, 0.3) is 0 Å². The Labute approximate surface area is 187 Å². The van der Waals surface area contributed by atoms with Crippen molar-refractivity contribution in [2.75, 3.05) is 0 Å². The molecule has 0 radical (unpaired) electrons. The highest BCUT2D eigenvalue weighted by Gasteiger charge is 2.60. The van der Waals surface area contributed by atoms with E-state index in [1.54, 1.807) is 11.1 Å². The van der Waals surface area contributed by atoms with Crippen LogP contribution in [0.5, 0.6) is 0 Å². The first kappa shape index (κ1) is 21.4. The molecule has 0 aromatic carbocycles. The van der Waals surface area contributed by atoms with Gasteiger partial charge in [-0.15, -0.1) is 0 Å². The van der Waals surface area contributed by atoms with Gasteiger partial charge in [-0.05, 0) is 96.3 Å². The number of aliphatic hydroxyl groups is 2. The van der Waals surface area contributed by atoms with Crippen molar-refractivity contribution in [3.8, 4) is 0 Å². The first-order valence-electron chi connectivity index (χ1n) is 12.5. The third-order valence-electron chi connectivity index (χ3n) is 9.96. The fourth-order valence-corrected chi connectivity index (χ4v) is 8.34. The number of fused-ring (bicyclic) bond motifs is 5. The van der Waals surface area contributed by atoms with E-state index in [4.69, 9.17) is 0 Å². The summed E-state index contributed by atoms with van der Waals surface area (Å²) in [6.07, 6.45) is 14.2. The Balaban J connectivity index is 1.58. The van der Waals surface area contributed by atoms with Gasteiger partial charge in [-0.3, -0.25) is 4.98 Å². The summed E-state index contributed by atoms with van der Waals surface area (Å²) < 4.78 is 0. The van der Waals surface area contributed by atoms with E-state index in [-0.39, 0.29) is 10.8 Å². The quantitative estimate of drug-likeness (QED) is 0.456. The fraction of sp³-hybridized carbons (Fsp3) is 0.679. The van der Waals surface area contributed by atoms with Crippen LogP contribution in [-0.4, -0.2) is 21.0 Å². The molecule has 6 atom stereocenters. The Morgan fingerprint density at radius 1 is 1.00 bits per heavy atom. The number of rotatable bonds is 3. The molecule has 2 N–H and O–H groups in total. The van der Waals surface area contributed by atoms with Crippen LogP contribution in [0.1, 0.15) is 84.6 Å². The molecule has 0 spiro atoms. The number of pyridine rings is 1. The molecule has 4 aliphatic rings. The molecule has 2 saturated carbocycles. The van der Waals surface area contributed by atoms with Crippen LogP contribution < -0.4 is 0 Å². The fourth-order valence-electron chi connectivity index (χ4n) is 8.34. The Bertz CT molecular complexity index is 916. The van der Waals surface area contributed by atoms with Crippen molar-refractivity contribution in [2.45, 2.75) is 84.8 Å². The molecule has 0 bridgehead atoms. The van der Waals surface area contributed by atoms with E-state index in [0.29, 0.717) is 36.5 Å². The second-order valence-corrected chi connectivity index (χ2v) is 11.4. The largest absolute Gasteiger partial charge is 0.365 e. The van der Waals surface area contributed by atoms with Gasteiger partial charge >= 0.3 is 0 Å². The molecule has 168 valence electrons. The summed E-state index contributed by atoms with van der Waals surface area (Å²) in [5, 5.41) is 20.8. The minimum absolute atomic E-state index is 0.123. The van der Waals surface area contributed by atoms with Gasteiger partial charge in [0.15, 0.2) is 5.79 Å². The maximum absolute atomic E-state index is 10.4. The minimum Gasteiger partial charge on any atom is -0.365 e. The molecule has 0 unspecified atom stereocenters.